The van der Waals surface area contributed by atoms with E-state index in [1.807, 2.05) is 0 Å². The lowest BCUT2D eigenvalue weighted by Gasteiger charge is -2.24. The molecule has 0 radical (unpaired) electrons. The first-order chi connectivity index (χ1) is 10.2. The zero-order chi connectivity index (χ0) is 14.4. The molecular formula is C16H16FN3O. The molecule has 0 spiro atoms. The first-order valence-electron chi connectivity index (χ1n) is 7.37. The summed E-state index contributed by atoms with van der Waals surface area (Å²) in [6.45, 7) is 0.877. The Balaban J connectivity index is 1.87. The average molecular weight is 285 g/mol. The third kappa shape index (κ3) is 1.95. The minimum absolute atomic E-state index is 0.0657. The van der Waals surface area contributed by atoms with Crippen LogP contribution in [0.15, 0.2) is 24.3 Å². The van der Waals surface area contributed by atoms with Crippen molar-refractivity contribution in [2.45, 2.75) is 38.1 Å². The fourth-order valence-corrected chi connectivity index (χ4v) is 3.36. The van der Waals surface area contributed by atoms with Crippen LogP contribution in [0.3, 0.4) is 0 Å². The molecule has 0 saturated heterocycles. The minimum Gasteiger partial charge on any atom is -0.314 e. The average Bonchev–Trinajstić information content (AvgIpc) is 2.86. The van der Waals surface area contributed by atoms with Gasteiger partial charge in [0.05, 0.1) is 5.69 Å². The first-order valence-corrected chi connectivity index (χ1v) is 7.37. The molecule has 2 aliphatic heterocycles. The number of benzene rings is 1. The Labute approximate surface area is 122 Å². The van der Waals surface area contributed by atoms with Crippen LogP contribution in [0, 0.1) is 5.82 Å². The van der Waals surface area contributed by atoms with Crippen molar-refractivity contribution in [1.29, 1.82) is 0 Å². The number of hydrogen-bond donors (Lipinski definition) is 1. The quantitative estimate of drug-likeness (QED) is 0.875. The maximum absolute atomic E-state index is 14.1. The second-order valence-corrected chi connectivity index (χ2v) is 5.70. The summed E-state index contributed by atoms with van der Waals surface area (Å²) in [5.41, 5.74) is 1.38. The van der Waals surface area contributed by atoms with E-state index >= 15 is 0 Å². The van der Waals surface area contributed by atoms with Gasteiger partial charge in [-0.25, -0.2) is 9.37 Å². The van der Waals surface area contributed by atoms with E-state index < -0.39 is 0 Å². The summed E-state index contributed by atoms with van der Waals surface area (Å²) in [6.07, 6.45) is 3.39. The van der Waals surface area contributed by atoms with Crippen LogP contribution >= 0.6 is 0 Å². The number of nitrogens with zero attached hydrogens (tertiary/aromatic N) is 2. The van der Waals surface area contributed by atoms with Gasteiger partial charge in [0.2, 0.25) is 5.91 Å². The summed E-state index contributed by atoms with van der Waals surface area (Å²) in [4.78, 5) is 16.7. The zero-order valence-electron chi connectivity index (χ0n) is 11.6. The Kier molecular flexibility index (Phi) is 2.80. The second kappa shape index (κ2) is 4.69. The molecule has 1 amide bonds. The molecule has 0 unspecified atom stereocenters. The van der Waals surface area contributed by atoms with E-state index in [-0.39, 0.29) is 24.1 Å². The lowest BCUT2D eigenvalue weighted by Crippen LogP contribution is -2.26. The van der Waals surface area contributed by atoms with Gasteiger partial charge in [0.15, 0.2) is 0 Å². The van der Waals surface area contributed by atoms with Crippen molar-refractivity contribution < 1.29 is 9.18 Å². The van der Waals surface area contributed by atoms with Crippen molar-refractivity contribution >= 4 is 11.7 Å². The number of halogens is 1. The second-order valence-electron chi connectivity index (χ2n) is 5.70. The lowest BCUT2D eigenvalue weighted by molar-refractivity contribution is -0.116. The number of imidazole rings is 1. The molecule has 1 aromatic carbocycles. The maximum atomic E-state index is 14.1. The van der Waals surface area contributed by atoms with E-state index in [0.29, 0.717) is 5.56 Å². The molecule has 5 heteroatoms. The van der Waals surface area contributed by atoms with Crippen molar-refractivity contribution in [2.75, 3.05) is 5.32 Å². The van der Waals surface area contributed by atoms with Crippen molar-refractivity contribution in [1.82, 2.24) is 9.55 Å². The number of aryl methyl sites for hydroxylation is 1. The summed E-state index contributed by atoms with van der Waals surface area (Å²) in [6, 6.07) is 6.67. The van der Waals surface area contributed by atoms with E-state index in [0.717, 1.165) is 43.1 Å². The third-order valence-corrected chi connectivity index (χ3v) is 4.36. The molecule has 0 saturated carbocycles. The van der Waals surface area contributed by atoms with Crippen LogP contribution in [-0.2, 0) is 17.8 Å². The van der Waals surface area contributed by atoms with Crippen molar-refractivity contribution in [2.24, 2.45) is 0 Å². The van der Waals surface area contributed by atoms with Crippen LogP contribution in [0.1, 0.15) is 42.3 Å². The molecule has 4 nitrogen and oxygen atoms in total. The molecule has 0 fully saturated rings. The van der Waals surface area contributed by atoms with Gasteiger partial charge >= 0.3 is 0 Å². The molecule has 2 aliphatic rings. The number of amides is 1. The number of fused-ring (bicyclic) bond motifs is 3. The Hall–Kier alpha value is -2.17. The summed E-state index contributed by atoms with van der Waals surface area (Å²) in [5.74, 6) is 1.16. The summed E-state index contributed by atoms with van der Waals surface area (Å²) in [5, 5.41) is 2.93. The Morgan fingerprint density at radius 1 is 1.29 bits per heavy atom. The summed E-state index contributed by atoms with van der Waals surface area (Å²) in [7, 11) is 0. The van der Waals surface area contributed by atoms with Gasteiger partial charge in [-0.2, -0.15) is 0 Å². The van der Waals surface area contributed by atoms with Gasteiger partial charge < -0.3 is 9.88 Å². The largest absolute Gasteiger partial charge is 0.314 e. The SMILES string of the molecule is O=C1C[C@@H](c2ccccc2F)c2nc3n(c2N1)CCCC3. The predicted molar refractivity (Wildman–Crippen MR) is 76.7 cm³/mol. The van der Waals surface area contributed by atoms with Gasteiger partial charge in [0.1, 0.15) is 17.5 Å². The number of carbonyl (C=O) groups excluding carboxylic acids is 1. The number of nitrogens with one attached hydrogen (secondary N) is 1. The van der Waals surface area contributed by atoms with Crippen LogP contribution in [0.4, 0.5) is 10.2 Å². The number of carbonyl (C=O) groups is 1. The highest BCUT2D eigenvalue weighted by Gasteiger charge is 2.34. The molecule has 0 aliphatic carbocycles. The highest BCUT2D eigenvalue weighted by atomic mass is 19.1. The smallest absolute Gasteiger partial charge is 0.226 e. The third-order valence-electron chi connectivity index (χ3n) is 4.36. The molecule has 21 heavy (non-hydrogen) atoms. The highest BCUT2D eigenvalue weighted by molar-refractivity contribution is 5.94. The van der Waals surface area contributed by atoms with Crippen LogP contribution < -0.4 is 5.32 Å². The summed E-state index contributed by atoms with van der Waals surface area (Å²) >= 11 is 0. The van der Waals surface area contributed by atoms with Gasteiger partial charge in [0.25, 0.3) is 0 Å². The lowest BCUT2D eigenvalue weighted by atomic mass is 9.89. The maximum Gasteiger partial charge on any atom is 0.226 e. The van der Waals surface area contributed by atoms with E-state index in [9.17, 15) is 9.18 Å². The summed E-state index contributed by atoms with van der Waals surface area (Å²) < 4.78 is 16.2. The Morgan fingerprint density at radius 2 is 2.14 bits per heavy atom. The van der Waals surface area contributed by atoms with Gasteiger partial charge in [0, 0.05) is 25.3 Å². The van der Waals surface area contributed by atoms with Crippen LogP contribution in [0.25, 0.3) is 0 Å². The Bertz CT molecular complexity index is 722. The molecule has 2 aromatic rings. The fraction of sp³-hybridized carbons (Fsp3) is 0.375. The van der Waals surface area contributed by atoms with Crippen LogP contribution in [-0.4, -0.2) is 15.5 Å². The number of rotatable bonds is 1. The molecule has 4 rings (SSSR count). The van der Waals surface area contributed by atoms with Crippen molar-refractivity contribution in [3.63, 3.8) is 0 Å². The molecular weight excluding hydrogens is 269 g/mol. The monoisotopic (exact) mass is 285 g/mol. The topological polar surface area (TPSA) is 46.9 Å². The van der Waals surface area contributed by atoms with Gasteiger partial charge in [-0.05, 0) is 24.5 Å². The number of anilines is 1. The normalized spacial score (nSPS) is 20.6. The first kappa shape index (κ1) is 12.6. The van der Waals surface area contributed by atoms with E-state index in [1.54, 1.807) is 18.2 Å². The minimum atomic E-state index is -0.284. The van der Waals surface area contributed by atoms with Gasteiger partial charge in [-0.1, -0.05) is 18.2 Å². The molecule has 3 heterocycles. The van der Waals surface area contributed by atoms with E-state index in [1.165, 1.54) is 6.07 Å². The van der Waals surface area contributed by atoms with Gasteiger partial charge in [-0.3, -0.25) is 4.79 Å². The molecule has 1 aromatic heterocycles. The molecule has 1 N–H and O–H groups in total. The van der Waals surface area contributed by atoms with Gasteiger partial charge in [-0.15, -0.1) is 0 Å². The number of aromatic nitrogens is 2. The highest BCUT2D eigenvalue weighted by Crippen LogP contribution is 2.39. The number of hydrogen-bond acceptors (Lipinski definition) is 2. The Morgan fingerprint density at radius 3 is 3.00 bits per heavy atom. The van der Waals surface area contributed by atoms with Crippen LogP contribution in [0.5, 0.6) is 0 Å². The van der Waals surface area contributed by atoms with Crippen molar-refractivity contribution in [3.05, 3.63) is 47.2 Å². The van der Waals surface area contributed by atoms with E-state index in [2.05, 4.69) is 9.88 Å². The molecule has 108 valence electrons. The predicted octanol–water partition coefficient (Wildman–Crippen LogP) is 2.83. The standard InChI is InChI=1S/C16H16FN3O/c17-12-6-2-1-5-10(12)11-9-14(21)19-16-15(11)18-13-7-3-4-8-20(13)16/h1-2,5-6,11H,3-4,7-9H2,(H,19,21)/t11-/m0/s1. The van der Waals surface area contributed by atoms with E-state index in [4.69, 9.17) is 4.98 Å². The zero-order valence-corrected chi connectivity index (χ0v) is 11.6. The molecule has 0 bridgehead atoms. The molecule has 1 atom stereocenters. The van der Waals surface area contributed by atoms with Crippen molar-refractivity contribution in [3.8, 4) is 0 Å². The fourth-order valence-electron chi connectivity index (χ4n) is 3.36. The van der Waals surface area contributed by atoms with Crippen LogP contribution in [0.2, 0.25) is 0 Å².